The first-order chi connectivity index (χ1) is 10.3. The Balaban J connectivity index is 1.67. The molecule has 2 aromatic heterocycles. The van der Waals surface area contributed by atoms with Gasteiger partial charge < -0.3 is 10.2 Å². The van der Waals surface area contributed by atoms with Crippen molar-refractivity contribution in [2.75, 3.05) is 30.4 Å². The van der Waals surface area contributed by atoms with Gasteiger partial charge in [0.1, 0.15) is 5.82 Å². The number of aromatic amines is 1. The molecule has 0 bridgehead atoms. The van der Waals surface area contributed by atoms with E-state index in [-0.39, 0.29) is 0 Å². The van der Waals surface area contributed by atoms with Crippen molar-refractivity contribution in [3.05, 3.63) is 6.20 Å². The van der Waals surface area contributed by atoms with Crippen LogP contribution in [0.15, 0.2) is 6.20 Å². The number of nitrogens with one attached hydrogen (secondary N) is 2. The molecule has 0 spiro atoms. The average Bonchev–Trinajstić information content (AvgIpc) is 3.01. The minimum Gasteiger partial charge on any atom is -0.357 e. The van der Waals surface area contributed by atoms with Crippen LogP contribution in [-0.2, 0) is 0 Å². The molecule has 2 N–H and O–H groups in total. The lowest BCUT2D eigenvalue weighted by molar-refractivity contribution is 0.202. The normalized spacial score (nSPS) is 25.9. The Labute approximate surface area is 124 Å². The fraction of sp³-hybridized carbons (Fsp3) is 0.667. The summed E-state index contributed by atoms with van der Waals surface area (Å²) in [7, 11) is 1.86. The van der Waals surface area contributed by atoms with E-state index in [1.54, 1.807) is 0 Å². The zero-order valence-corrected chi connectivity index (χ0v) is 12.5. The Morgan fingerprint density at radius 3 is 2.90 bits per heavy atom. The van der Waals surface area contributed by atoms with Crippen molar-refractivity contribution < 1.29 is 0 Å². The van der Waals surface area contributed by atoms with Gasteiger partial charge in [-0.25, -0.2) is 0 Å². The van der Waals surface area contributed by atoms with Crippen molar-refractivity contribution in [3.8, 4) is 0 Å². The molecule has 2 fully saturated rings. The summed E-state index contributed by atoms with van der Waals surface area (Å²) >= 11 is 0. The number of H-pyrrole nitrogens is 1. The van der Waals surface area contributed by atoms with E-state index < -0.39 is 0 Å². The lowest BCUT2D eigenvalue weighted by Crippen LogP contribution is -2.42. The maximum Gasteiger partial charge on any atom is 0.226 e. The molecule has 1 aliphatic carbocycles. The standard InChI is InChI=1S/C15H22N6/c1-16-15-18-13-12(8-17-20-13)14(19-15)21-7-6-10-4-2-3-5-11(10)9-21/h8,10-11H,2-7,9H2,1H3,(H2,16,17,18,19,20). The summed E-state index contributed by atoms with van der Waals surface area (Å²) in [5.41, 5.74) is 0.815. The minimum absolute atomic E-state index is 0.660. The van der Waals surface area contributed by atoms with Crippen LogP contribution in [0.1, 0.15) is 32.1 Å². The van der Waals surface area contributed by atoms with E-state index in [1.165, 1.54) is 32.1 Å². The molecule has 2 aliphatic rings. The first-order valence-electron chi connectivity index (χ1n) is 7.99. The van der Waals surface area contributed by atoms with Crippen LogP contribution in [0.25, 0.3) is 11.0 Å². The van der Waals surface area contributed by atoms with Gasteiger partial charge in [0.15, 0.2) is 5.65 Å². The van der Waals surface area contributed by atoms with Gasteiger partial charge in [-0.3, -0.25) is 5.10 Å². The molecular weight excluding hydrogens is 264 g/mol. The van der Waals surface area contributed by atoms with E-state index in [0.29, 0.717) is 5.95 Å². The Morgan fingerprint density at radius 2 is 2.05 bits per heavy atom. The third-order valence-electron chi connectivity index (χ3n) is 5.10. The van der Waals surface area contributed by atoms with Gasteiger partial charge in [0.05, 0.1) is 11.6 Å². The summed E-state index contributed by atoms with van der Waals surface area (Å²) in [6, 6.07) is 0. The summed E-state index contributed by atoms with van der Waals surface area (Å²) in [5.74, 6) is 3.46. The molecule has 6 heteroatoms. The van der Waals surface area contributed by atoms with E-state index in [9.17, 15) is 0 Å². The Hall–Kier alpha value is -1.85. The monoisotopic (exact) mass is 286 g/mol. The predicted octanol–water partition coefficient (Wildman–Crippen LogP) is 2.41. The number of rotatable bonds is 2. The fourth-order valence-electron chi connectivity index (χ4n) is 3.97. The van der Waals surface area contributed by atoms with Crippen LogP contribution < -0.4 is 10.2 Å². The molecule has 2 unspecified atom stereocenters. The van der Waals surface area contributed by atoms with E-state index in [4.69, 9.17) is 4.98 Å². The van der Waals surface area contributed by atoms with E-state index in [0.717, 1.165) is 41.8 Å². The molecule has 1 saturated carbocycles. The third kappa shape index (κ3) is 2.22. The maximum atomic E-state index is 4.70. The SMILES string of the molecule is CNc1nc(N2CCC3CCCCC3C2)c2cn[nH]c2n1. The number of fused-ring (bicyclic) bond motifs is 2. The van der Waals surface area contributed by atoms with Crippen LogP contribution >= 0.6 is 0 Å². The molecule has 6 nitrogen and oxygen atoms in total. The molecule has 2 aromatic rings. The van der Waals surface area contributed by atoms with Gasteiger partial charge in [-0.2, -0.15) is 15.1 Å². The number of hydrogen-bond donors (Lipinski definition) is 2. The van der Waals surface area contributed by atoms with Gasteiger partial charge in [-0.15, -0.1) is 0 Å². The molecular formula is C15H22N6. The molecule has 0 aromatic carbocycles. The highest BCUT2D eigenvalue weighted by molar-refractivity contribution is 5.87. The smallest absolute Gasteiger partial charge is 0.226 e. The second-order valence-corrected chi connectivity index (χ2v) is 6.29. The van der Waals surface area contributed by atoms with Crippen LogP contribution in [0.3, 0.4) is 0 Å². The van der Waals surface area contributed by atoms with Crippen molar-refractivity contribution in [2.24, 2.45) is 11.8 Å². The zero-order valence-electron chi connectivity index (χ0n) is 12.5. The second-order valence-electron chi connectivity index (χ2n) is 6.29. The molecule has 4 rings (SSSR count). The van der Waals surface area contributed by atoms with Crippen molar-refractivity contribution in [1.82, 2.24) is 20.2 Å². The summed E-state index contributed by atoms with van der Waals surface area (Å²) in [6.07, 6.45) is 8.75. The van der Waals surface area contributed by atoms with Gasteiger partial charge in [-0.1, -0.05) is 19.3 Å². The molecule has 0 amide bonds. The third-order valence-corrected chi connectivity index (χ3v) is 5.10. The van der Waals surface area contributed by atoms with Crippen LogP contribution in [0.5, 0.6) is 0 Å². The minimum atomic E-state index is 0.660. The number of nitrogens with zero attached hydrogens (tertiary/aromatic N) is 4. The summed E-state index contributed by atoms with van der Waals surface area (Å²) in [4.78, 5) is 11.6. The maximum absolute atomic E-state index is 4.70. The number of anilines is 2. The Bertz CT molecular complexity index is 636. The van der Waals surface area contributed by atoms with Gasteiger partial charge in [0, 0.05) is 20.1 Å². The summed E-state index contributed by atoms with van der Waals surface area (Å²) in [5, 5.41) is 11.2. The lowest BCUT2D eigenvalue weighted by Gasteiger charge is -2.41. The average molecular weight is 286 g/mol. The molecule has 21 heavy (non-hydrogen) atoms. The molecule has 112 valence electrons. The number of piperidine rings is 1. The van der Waals surface area contributed by atoms with Gasteiger partial charge in [0.2, 0.25) is 5.95 Å². The van der Waals surface area contributed by atoms with Crippen LogP contribution in [-0.4, -0.2) is 40.3 Å². The van der Waals surface area contributed by atoms with Gasteiger partial charge >= 0.3 is 0 Å². The first kappa shape index (κ1) is 12.9. The first-order valence-corrected chi connectivity index (χ1v) is 7.99. The van der Waals surface area contributed by atoms with Crippen molar-refractivity contribution >= 4 is 22.8 Å². The predicted molar refractivity (Wildman–Crippen MR) is 83.5 cm³/mol. The van der Waals surface area contributed by atoms with E-state index in [1.807, 2.05) is 13.2 Å². The zero-order chi connectivity index (χ0) is 14.2. The van der Waals surface area contributed by atoms with Gasteiger partial charge in [-0.05, 0) is 24.7 Å². The fourth-order valence-corrected chi connectivity index (χ4v) is 3.97. The van der Waals surface area contributed by atoms with Crippen molar-refractivity contribution in [3.63, 3.8) is 0 Å². The lowest BCUT2D eigenvalue weighted by atomic mass is 9.75. The van der Waals surface area contributed by atoms with Crippen molar-refractivity contribution in [1.29, 1.82) is 0 Å². The second kappa shape index (κ2) is 5.16. The topological polar surface area (TPSA) is 69.7 Å². The highest BCUT2D eigenvalue weighted by Gasteiger charge is 2.32. The van der Waals surface area contributed by atoms with Crippen molar-refractivity contribution in [2.45, 2.75) is 32.1 Å². The summed E-state index contributed by atoms with van der Waals surface area (Å²) in [6.45, 7) is 2.23. The quantitative estimate of drug-likeness (QED) is 0.887. The molecule has 2 atom stereocenters. The molecule has 0 radical (unpaired) electrons. The molecule has 1 saturated heterocycles. The van der Waals surface area contributed by atoms with Gasteiger partial charge in [0.25, 0.3) is 0 Å². The van der Waals surface area contributed by atoms with Crippen LogP contribution in [0.2, 0.25) is 0 Å². The summed E-state index contributed by atoms with van der Waals surface area (Å²) < 4.78 is 0. The van der Waals surface area contributed by atoms with E-state index in [2.05, 4.69) is 25.4 Å². The highest BCUT2D eigenvalue weighted by Crippen LogP contribution is 2.38. The van der Waals surface area contributed by atoms with Crippen LogP contribution in [0, 0.1) is 11.8 Å². The number of hydrogen-bond acceptors (Lipinski definition) is 5. The Kier molecular flexibility index (Phi) is 3.16. The van der Waals surface area contributed by atoms with Crippen LogP contribution in [0.4, 0.5) is 11.8 Å². The molecule has 3 heterocycles. The Morgan fingerprint density at radius 1 is 1.19 bits per heavy atom. The van der Waals surface area contributed by atoms with E-state index >= 15 is 0 Å². The number of aromatic nitrogens is 4. The highest BCUT2D eigenvalue weighted by atomic mass is 15.3. The molecule has 1 aliphatic heterocycles. The largest absolute Gasteiger partial charge is 0.357 e.